The predicted octanol–water partition coefficient (Wildman–Crippen LogP) is 10.4. The van der Waals surface area contributed by atoms with E-state index < -0.39 is 24.1 Å². The fourth-order valence-electron chi connectivity index (χ4n) is 4.81. The van der Waals surface area contributed by atoms with Gasteiger partial charge >= 0.3 is 11.9 Å². The number of rotatable bonds is 18. The van der Waals surface area contributed by atoms with Gasteiger partial charge in [-0.2, -0.15) is 0 Å². The number of unbranched alkanes of at least 4 members (excludes halogenated alkanes) is 2. The van der Waals surface area contributed by atoms with E-state index in [1.807, 2.05) is 6.92 Å². The van der Waals surface area contributed by atoms with Gasteiger partial charge in [0, 0.05) is 10.0 Å². The van der Waals surface area contributed by atoms with Crippen LogP contribution in [0.5, 0.6) is 11.5 Å². The first kappa shape index (κ1) is 35.2. The Hall–Kier alpha value is -1.95. The van der Waals surface area contributed by atoms with Gasteiger partial charge < -0.3 is 14.2 Å². The van der Waals surface area contributed by atoms with Crippen molar-refractivity contribution in [2.24, 2.45) is 11.8 Å². The van der Waals surface area contributed by atoms with E-state index >= 15 is 0 Å². The minimum atomic E-state index is -1.01. The Bertz CT molecular complexity index is 1020. The van der Waals surface area contributed by atoms with Crippen LogP contribution in [-0.2, 0) is 14.3 Å². The summed E-state index contributed by atoms with van der Waals surface area (Å²) >= 11 is 18.6. The van der Waals surface area contributed by atoms with Gasteiger partial charge in [0.25, 0.3) is 0 Å². The Kier molecular flexibility index (Phi) is 16.0. The lowest BCUT2D eigenvalue weighted by molar-refractivity contribution is -0.170. The molecule has 0 fully saturated rings. The average Bonchev–Trinajstić information content (AvgIpc) is 2.94. The van der Waals surface area contributed by atoms with Crippen LogP contribution < -0.4 is 9.47 Å². The van der Waals surface area contributed by atoms with Gasteiger partial charge in [0.15, 0.2) is 12.2 Å². The number of aryl methyl sites for hydroxylation is 1. The van der Waals surface area contributed by atoms with Crippen LogP contribution >= 0.6 is 34.8 Å². The normalized spacial score (nSPS) is 14.1. The number of carbonyl (C=O) groups is 2. The van der Waals surface area contributed by atoms with Gasteiger partial charge in [-0.3, -0.25) is 0 Å². The van der Waals surface area contributed by atoms with Crippen LogP contribution in [0.2, 0.25) is 15.1 Å². The predicted molar refractivity (Wildman–Crippen MR) is 168 cm³/mol. The number of hydrogen-bond donors (Lipinski definition) is 0. The van der Waals surface area contributed by atoms with E-state index in [2.05, 4.69) is 27.7 Å². The lowest BCUT2D eigenvalue weighted by Gasteiger charge is -2.25. The van der Waals surface area contributed by atoms with E-state index in [9.17, 15) is 9.59 Å². The molecule has 5 nitrogen and oxygen atoms in total. The summed E-state index contributed by atoms with van der Waals surface area (Å²) in [6.07, 6.45) is 6.72. The SMILES string of the molecule is CCCCC(CC)CC(Oc1ccc(Cl)cc1C)C(=O)OC(=O)C(CC(CC)CCCC)Oc1ccc(Cl)cc1Cl. The van der Waals surface area contributed by atoms with E-state index in [4.69, 9.17) is 49.0 Å². The molecule has 0 aliphatic heterocycles. The molecule has 2 rings (SSSR count). The van der Waals surface area contributed by atoms with E-state index in [0.717, 1.165) is 56.9 Å². The smallest absolute Gasteiger partial charge is 0.355 e. The van der Waals surface area contributed by atoms with Gasteiger partial charge in [0.1, 0.15) is 11.5 Å². The first-order valence-electron chi connectivity index (χ1n) is 14.9. The van der Waals surface area contributed by atoms with Crippen molar-refractivity contribution < 1.29 is 23.8 Å². The minimum absolute atomic E-state index is 0.218. The lowest BCUT2D eigenvalue weighted by atomic mass is 9.92. The molecule has 0 spiro atoms. The highest BCUT2D eigenvalue weighted by atomic mass is 35.5. The summed E-state index contributed by atoms with van der Waals surface area (Å²) in [6.45, 7) is 10.3. The Morgan fingerprint density at radius 3 is 1.61 bits per heavy atom. The standard InChI is InChI=1S/C33H45Cl3O5/c1-6-10-12-23(8-3)19-30(39-28-16-14-25(34)18-22(28)5)32(37)41-33(38)31(20-24(9-4)13-11-7-2)40-29-17-15-26(35)21-27(29)36/h14-18,21,23-24,30-31H,6-13,19-20H2,1-5H3. The summed E-state index contributed by atoms with van der Waals surface area (Å²) in [7, 11) is 0. The van der Waals surface area contributed by atoms with Gasteiger partial charge in [0.2, 0.25) is 0 Å². The van der Waals surface area contributed by atoms with Crippen molar-refractivity contribution in [1.29, 1.82) is 0 Å². The first-order chi connectivity index (χ1) is 19.6. The Labute approximate surface area is 261 Å². The lowest BCUT2D eigenvalue weighted by Crippen LogP contribution is -2.38. The molecule has 2 aromatic carbocycles. The van der Waals surface area contributed by atoms with Gasteiger partial charge in [-0.1, -0.05) is 114 Å². The minimum Gasteiger partial charge on any atom is -0.478 e. The fourth-order valence-corrected chi connectivity index (χ4v) is 5.49. The third kappa shape index (κ3) is 12.1. The second-order valence-corrected chi connectivity index (χ2v) is 12.0. The monoisotopic (exact) mass is 626 g/mol. The number of ether oxygens (including phenoxy) is 3. The molecule has 4 atom stereocenters. The maximum absolute atomic E-state index is 13.6. The maximum atomic E-state index is 13.6. The Morgan fingerprint density at radius 1 is 0.707 bits per heavy atom. The number of hydrogen-bond acceptors (Lipinski definition) is 5. The second kappa shape index (κ2) is 18.6. The highest BCUT2D eigenvalue weighted by Gasteiger charge is 2.33. The molecule has 0 radical (unpaired) electrons. The number of halogens is 3. The molecule has 2 aromatic rings. The van der Waals surface area contributed by atoms with Gasteiger partial charge in [-0.15, -0.1) is 0 Å². The molecule has 4 unspecified atom stereocenters. The molecule has 0 aliphatic rings. The van der Waals surface area contributed by atoms with Gasteiger partial charge in [-0.05, 0) is 73.6 Å². The number of carbonyl (C=O) groups excluding carboxylic acids is 2. The van der Waals surface area contributed by atoms with E-state index in [-0.39, 0.29) is 16.9 Å². The fraction of sp³-hybridized carbons (Fsp3) is 0.576. The highest BCUT2D eigenvalue weighted by molar-refractivity contribution is 6.35. The van der Waals surface area contributed by atoms with Crippen LogP contribution in [-0.4, -0.2) is 24.1 Å². The summed E-state index contributed by atoms with van der Waals surface area (Å²) in [4.78, 5) is 27.1. The number of esters is 2. The van der Waals surface area contributed by atoms with Crippen molar-refractivity contribution in [3.8, 4) is 11.5 Å². The molecule has 0 heterocycles. The zero-order valence-corrected chi connectivity index (χ0v) is 27.3. The molecule has 0 bridgehead atoms. The van der Waals surface area contributed by atoms with Gasteiger partial charge in [0.05, 0.1) is 5.02 Å². The van der Waals surface area contributed by atoms with Crippen molar-refractivity contribution in [1.82, 2.24) is 0 Å². The molecule has 0 saturated carbocycles. The molecule has 0 aromatic heterocycles. The van der Waals surface area contributed by atoms with Crippen LogP contribution in [0.25, 0.3) is 0 Å². The summed E-state index contributed by atoms with van der Waals surface area (Å²) in [5.41, 5.74) is 0.795. The molecule has 0 N–H and O–H groups in total. The molecule has 8 heteroatoms. The van der Waals surface area contributed by atoms with E-state index in [0.29, 0.717) is 34.4 Å². The van der Waals surface area contributed by atoms with Crippen LogP contribution in [0.15, 0.2) is 36.4 Å². The molecule has 0 saturated heterocycles. The van der Waals surface area contributed by atoms with Crippen LogP contribution in [0, 0.1) is 18.8 Å². The maximum Gasteiger partial charge on any atom is 0.355 e. The summed E-state index contributed by atoms with van der Waals surface area (Å²) in [5, 5.41) is 1.31. The molecule has 0 amide bonds. The van der Waals surface area contributed by atoms with Crippen LogP contribution in [0.1, 0.15) is 97.5 Å². The zero-order chi connectivity index (χ0) is 30.4. The summed E-state index contributed by atoms with van der Waals surface area (Å²) < 4.78 is 17.8. The van der Waals surface area contributed by atoms with Crippen molar-refractivity contribution >= 4 is 46.7 Å². The third-order valence-corrected chi connectivity index (χ3v) is 8.24. The Morgan fingerprint density at radius 2 is 1.17 bits per heavy atom. The topological polar surface area (TPSA) is 61.8 Å². The summed E-state index contributed by atoms with van der Waals surface area (Å²) in [5.74, 6) is -0.174. The van der Waals surface area contributed by atoms with Crippen molar-refractivity contribution in [3.05, 3.63) is 57.0 Å². The van der Waals surface area contributed by atoms with Crippen LogP contribution in [0.3, 0.4) is 0 Å². The molecular formula is C33H45Cl3O5. The van der Waals surface area contributed by atoms with E-state index in [1.165, 1.54) is 0 Å². The first-order valence-corrected chi connectivity index (χ1v) is 16.0. The largest absolute Gasteiger partial charge is 0.478 e. The quantitative estimate of drug-likeness (QED) is 0.122. The second-order valence-electron chi connectivity index (χ2n) is 10.7. The van der Waals surface area contributed by atoms with Gasteiger partial charge in [-0.25, -0.2) is 9.59 Å². The molecule has 0 aliphatic carbocycles. The number of benzene rings is 2. The highest BCUT2D eigenvalue weighted by Crippen LogP contribution is 2.31. The van der Waals surface area contributed by atoms with Crippen molar-refractivity contribution in [3.63, 3.8) is 0 Å². The molecular weight excluding hydrogens is 583 g/mol. The third-order valence-electron chi connectivity index (χ3n) is 7.48. The summed E-state index contributed by atoms with van der Waals surface area (Å²) in [6, 6.07) is 10.0. The van der Waals surface area contributed by atoms with Crippen LogP contribution in [0.4, 0.5) is 0 Å². The zero-order valence-electron chi connectivity index (χ0n) is 25.0. The van der Waals surface area contributed by atoms with Crippen molar-refractivity contribution in [2.45, 2.75) is 111 Å². The van der Waals surface area contributed by atoms with E-state index in [1.54, 1.807) is 36.4 Å². The Balaban J connectivity index is 2.31. The van der Waals surface area contributed by atoms with Crippen molar-refractivity contribution in [2.75, 3.05) is 0 Å². The average molecular weight is 628 g/mol. The molecule has 228 valence electrons. The molecule has 41 heavy (non-hydrogen) atoms.